The first-order chi connectivity index (χ1) is 5.70. The fraction of sp³-hybridized carbons (Fsp3) is 0. The van der Waals surface area contributed by atoms with Gasteiger partial charge >= 0.3 is 21.9 Å². The zero-order valence-corrected chi connectivity index (χ0v) is 7.73. The summed E-state index contributed by atoms with van der Waals surface area (Å²) < 4.78 is 8.72. The highest BCUT2D eigenvalue weighted by Crippen LogP contribution is 1.82. The molecule has 0 N–H and O–H groups in total. The van der Waals surface area contributed by atoms with Gasteiger partial charge in [-0.2, -0.15) is 4.58 Å². The Morgan fingerprint density at radius 2 is 1.75 bits per heavy atom. The van der Waals surface area contributed by atoms with Gasteiger partial charge in [0.1, 0.15) is 0 Å². The number of hydrogen-bond donors (Lipinski definition) is 0. The molecule has 0 bridgehead atoms. The van der Waals surface area contributed by atoms with E-state index in [1.54, 1.807) is 0 Å². The summed E-state index contributed by atoms with van der Waals surface area (Å²) in [6.07, 6.45) is 1.93. The highest BCUT2D eigenvalue weighted by Gasteiger charge is 1.99. The van der Waals surface area contributed by atoms with Crippen LogP contribution in [0.15, 0.2) is 25.3 Å². The van der Waals surface area contributed by atoms with Gasteiger partial charge in [-0.25, -0.2) is 9.59 Å². The van der Waals surface area contributed by atoms with Gasteiger partial charge in [-0.05, 0) is 0 Å². The minimum absolute atomic E-state index is 0.601. The zero-order chi connectivity index (χ0) is 9.40. The van der Waals surface area contributed by atoms with E-state index >= 15 is 0 Å². The topological polar surface area (TPSA) is 61.8 Å². The molecule has 0 amide bonds. The van der Waals surface area contributed by atoms with Crippen molar-refractivity contribution in [2.45, 2.75) is 0 Å². The van der Waals surface area contributed by atoms with Crippen LogP contribution in [0.25, 0.3) is 0 Å². The van der Waals surface area contributed by atoms with Crippen LogP contribution in [0.5, 0.6) is 0 Å². The summed E-state index contributed by atoms with van der Waals surface area (Å²) in [5.41, 5.74) is 0. The summed E-state index contributed by atoms with van der Waals surface area (Å²) in [7, 11) is -1.61. The summed E-state index contributed by atoms with van der Waals surface area (Å²) in [5.74, 6) is -1.33. The second-order valence-electron chi connectivity index (χ2n) is 1.51. The molecule has 0 aromatic rings. The molecule has 0 aromatic heterocycles. The fourth-order valence-corrected chi connectivity index (χ4v) is 0.704. The maximum Gasteiger partial charge on any atom is 0.418 e. The van der Waals surface area contributed by atoms with E-state index in [1.807, 2.05) is 0 Å². The van der Waals surface area contributed by atoms with Crippen LogP contribution in [0.3, 0.4) is 0 Å². The molecule has 0 atom stereocenters. The van der Waals surface area contributed by atoms with Crippen LogP contribution in [-0.2, 0) is 23.5 Å². The molecule has 0 aliphatic carbocycles. The van der Waals surface area contributed by atoms with Crippen molar-refractivity contribution in [2.24, 2.45) is 0 Å². The summed E-state index contributed by atoms with van der Waals surface area (Å²) in [5, 5.41) is 0. The Kier molecular flexibility index (Phi) is 5.58. The molecule has 66 valence electrons. The van der Waals surface area contributed by atoms with Crippen molar-refractivity contribution in [3.05, 3.63) is 25.3 Å². The molecule has 6 heteroatoms. The third kappa shape index (κ3) is 5.39. The van der Waals surface area contributed by atoms with Crippen LogP contribution in [0.4, 0.5) is 0 Å². The highest BCUT2D eigenvalue weighted by atomic mass is 28.3. The van der Waals surface area contributed by atoms with Gasteiger partial charge in [0.25, 0.3) is 0 Å². The van der Waals surface area contributed by atoms with Crippen molar-refractivity contribution in [3.63, 3.8) is 0 Å². The quantitative estimate of drug-likeness (QED) is 0.189. The van der Waals surface area contributed by atoms with Crippen molar-refractivity contribution in [2.75, 3.05) is 0 Å². The average molecular weight is 188 g/mol. The minimum atomic E-state index is -1.61. The van der Waals surface area contributed by atoms with E-state index < -0.39 is 21.9 Å². The van der Waals surface area contributed by atoms with E-state index in [4.69, 9.17) is 0 Å². The van der Waals surface area contributed by atoms with Crippen LogP contribution in [0, 0.1) is 0 Å². The maximum atomic E-state index is 10.4. The summed E-state index contributed by atoms with van der Waals surface area (Å²) in [4.78, 5) is 24.8. The van der Waals surface area contributed by atoms with Crippen molar-refractivity contribution in [3.8, 4) is 0 Å². The zero-order valence-electron chi connectivity index (χ0n) is 6.32. The average Bonchev–Trinajstić information content (AvgIpc) is 2.11. The molecule has 0 unspecified atom stereocenters. The molecule has 0 rings (SSSR count). The standard InChI is InChI=1S/C6H8O5Si/c1-3-5(7)9-11-12-10-6(8)4-2/h3-4H,1-2,12H2. The molecular weight excluding hydrogens is 180 g/mol. The van der Waals surface area contributed by atoms with Gasteiger partial charge in [0.15, 0.2) is 0 Å². The van der Waals surface area contributed by atoms with Gasteiger partial charge in [0.05, 0.1) is 0 Å². The number of rotatable bonds is 5. The van der Waals surface area contributed by atoms with E-state index in [0.29, 0.717) is 0 Å². The van der Waals surface area contributed by atoms with Gasteiger partial charge < -0.3 is 9.31 Å². The van der Waals surface area contributed by atoms with E-state index in [1.165, 1.54) is 0 Å². The number of hydrogen-bond acceptors (Lipinski definition) is 5. The second kappa shape index (κ2) is 6.32. The lowest BCUT2D eigenvalue weighted by molar-refractivity contribution is -0.213. The molecular formula is C6H8O5Si. The Morgan fingerprint density at radius 1 is 1.17 bits per heavy atom. The normalized spacial score (nSPS) is 9.33. The predicted octanol–water partition coefficient (Wildman–Crippen LogP) is -0.625. The van der Waals surface area contributed by atoms with Gasteiger partial charge in [0.2, 0.25) is 0 Å². The van der Waals surface area contributed by atoms with Crippen LogP contribution in [-0.4, -0.2) is 21.9 Å². The maximum absolute atomic E-state index is 10.4. The van der Waals surface area contributed by atoms with Gasteiger partial charge in [0, 0.05) is 12.2 Å². The van der Waals surface area contributed by atoms with Crippen molar-refractivity contribution < 1.29 is 23.5 Å². The molecule has 0 aromatic carbocycles. The van der Waals surface area contributed by atoms with Crippen LogP contribution in [0.1, 0.15) is 0 Å². The Bertz CT molecular complexity index is 178. The van der Waals surface area contributed by atoms with Crippen LogP contribution in [0.2, 0.25) is 0 Å². The monoisotopic (exact) mass is 188 g/mol. The first-order valence-electron chi connectivity index (χ1n) is 2.95. The van der Waals surface area contributed by atoms with E-state index in [9.17, 15) is 9.59 Å². The smallest absolute Gasteiger partial charge is 0.418 e. The molecule has 0 spiro atoms. The van der Waals surface area contributed by atoms with Crippen LogP contribution >= 0.6 is 0 Å². The van der Waals surface area contributed by atoms with Gasteiger partial charge in [-0.3, -0.25) is 0 Å². The van der Waals surface area contributed by atoms with E-state index in [0.717, 1.165) is 12.2 Å². The van der Waals surface area contributed by atoms with Crippen molar-refractivity contribution in [1.82, 2.24) is 0 Å². The molecule has 0 radical (unpaired) electrons. The Labute approximate surface area is 71.6 Å². The molecule has 0 saturated carbocycles. The number of carbonyl (C=O) groups excluding carboxylic acids is 2. The lowest BCUT2D eigenvalue weighted by Gasteiger charge is -2.00. The lowest BCUT2D eigenvalue weighted by Crippen LogP contribution is -2.12. The van der Waals surface area contributed by atoms with Crippen LogP contribution < -0.4 is 0 Å². The fourth-order valence-electron chi connectivity index (χ4n) is 0.257. The molecule has 0 heterocycles. The van der Waals surface area contributed by atoms with Gasteiger partial charge in [-0.1, -0.05) is 13.2 Å². The summed E-state index contributed by atoms with van der Waals surface area (Å²) >= 11 is 0. The van der Waals surface area contributed by atoms with Crippen molar-refractivity contribution >= 4 is 21.9 Å². The minimum Gasteiger partial charge on any atom is -0.493 e. The second-order valence-corrected chi connectivity index (χ2v) is 2.27. The first kappa shape index (κ1) is 10.6. The molecule has 5 nitrogen and oxygen atoms in total. The molecule has 0 aliphatic heterocycles. The predicted molar refractivity (Wildman–Crippen MR) is 42.2 cm³/mol. The summed E-state index contributed by atoms with van der Waals surface area (Å²) in [6.45, 7) is 6.29. The Morgan fingerprint density at radius 3 is 2.25 bits per heavy atom. The Balaban J connectivity index is 3.32. The molecule has 0 fully saturated rings. The third-order valence-electron chi connectivity index (χ3n) is 0.724. The van der Waals surface area contributed by atoms with Gasteiger partial charge in [-0.15, -0.1) is 0 Å². The SMILES string of the molecule is C=CC(=O)OO[SiH2]OC(=O)C=C. The van der Waals surface area contributed by atoms with E-state index in [-0.39, 0.29) is 0 Å². The van der Waals surface area contributed by atoms with E-state index in [2.05, 4.69) is 27.0 Å². The van der Waals surface area contributed by atoms with Crippen molar-refractivity contribution in [1.29, 1.82) is 0 Å². The number of carbonyl (C=O) groups is 2. The molecule has 0 saturated heterocycles. The first-order valence-corrected chi connectivity index (χ1v) is 4.11. The molecule has 12 heavy (non-hydrogen) atoms. The highest BCUT2D eigenvalue weighted by molar-refractivity contribution is 6.23. The lowest BCUT2D eigenvalue weighted by atomic mass is 10.7. The molecule has 0 aliphatic rings. The third-order valence-corrected chi connectivity index (χ3v) is 1.34. The Hall–Kier alpha value is -1.40. The summed E-state index contributed by atoms with van der Waals surface area (Å²) in [6, 6.07) is 0. The largest absolute Gasteiger partial charge is 0.493 e.